The molecule has 2 aliphatic heterocycles. The van der Waals surface area contributed by atoms with Gasteiger partial charge >= 0.3 is 0 Å². The minimum atomic E-state index is 0.145. The van der Waals surface area contributed by atoms with Gasteiger partial charge in [-0.1, -0.05) is 50.1 Å². The number of aliphatic imine (C=N–C) groups is 1. The highest BCUT2D eigenvalue weighted by Gasteiger charge is 2.40. The summed E-state index contributed by atoms with van der Waals surface area (Å²) in [6.45, 7) is 2.18. The SMILES string of the molecule is CCCCC1C=NC=C2C1=[N+]([O-])c1c(Cc3ccccc3)csc12. The highest BCUT2D eigenvalue weighted by Crippen LogP contribution is 2.45. The Morgan fingerprint density at radius 3 is 2.88 bits per heavy atom. The Morgan fingerprint density at radius 1 is 1.25 bits per heavy atom. The van der Waals surface area contributed by atoms with Gasteiger partial charge in [0.1, 0.15) is 4.88 Å². The number of fused-ring (bicyclic) bond motifs is 3. The van der Waals surface area contributed by atoms with Crippen LogP contribution >= 0.6 is 11.3 Å². The van der Waals surface area contributed by atoms with Gasteiger partial charge in [0.2, 0.25) is 11.4 Å². The van der Waals surface area contributed by atoms with Crippen molar-refractivity contribution in [2.24, 2.45) is 10.9 Å². The van der Waals surface area contributed by atoms with E-state index in [2.05, 4.69) is 29.4 Å². The molecule has 24 heavy (non-hydrogen) atoms. The molecule has 2 aliphatic rings. The van der Waals surface area contributed by atoms with Crippen LogP contribution in [0.1, 0.15) is 42.2 Å². The maximum atomic E-state index is 13.1. The molecule has 4 heteroatoms. The first kappa shape index (κ1) is 15.3. The van der Waals surface area contributed by atoms with Crippen LogP contribution in [0.15, 0.2) is 46.9 Å². The topological polar surface area (TPSA) is 38.4 Å². The number of benzene rings is 1. The molecule has 1 atom stereocenters. The summed E-state index contributed by atoms with van der Waals surface area (Å²) < 4.78 is 1.18. The molecule has 0 radical (unpaired) electrons. The van der Waals surface area contributed by atoms with Crippen molar-refractivity contribution in [2.75, 3.05) is 0 Å². The van der Waals surface area contributed by atoms with Crippen LogP contribution in [0.4, 0.5) is 5.69 Å². The lowest BCUT2D eigenvalue weighted by atomic mass is 9.92. The van der Waals surface area contributed by atoms with Crippen LogP contribution in [0.2, 0.25) is 0 Å². The minimum Gasteiger partial charge on any atom is -0.618 e. The van der Waals surface area contributed by atoms with Crippen molar-refractivity contribution in [3.05, 3.63) is 63.1 Å². The van der Waals surface area contributed by atoms with Gasteiger partial charge in [0.05, 0.1) is 11.5 Å². The molecular weight excluding hydrogens is 316 g/mol. The molecule has 0 aliphatic carbocycles. The standard InChI is InChI=1S/C20H20N2OS/c1-2-3-9-15-11-21-12-17-18(15)22(23)19-16(13-24-20(17)19)10-14-7-5-4-6-8-14/h4-8,11-13,15H,2-3,9-10H2,1H3. The molecule has 0 spiro atoms. The summed E-state index contributed by atoms with van der Waals surface area (Å²) in [7, 11) is 0. The van der Waals surface area contributed by atoms with Crippen molar-refractivity contribution in [3.8, 4) is 0 Å². The third kappa shape index (κ3) is 2.51. The van der Waals surface area contributed by atoms with Crippen LogP contribution < -0.4 is 0 Å². The molecule has 1 aromatic carbocycles. The summed E-state index contributed by atoms with van der Waals surface area (Å²) in [5.41, 5.74) is 5.13. The number of nitrogens with zero attached hydrogens (tertiary/aromatic N) is 2. The Hall–Kier alpha value is -2.20. The monoisotopic (exact) mass is 336 g/mol. The molecule has 3 heterocycles. The van der Waals surface area contributed by atoms with Crippen molar-refractivity contribution in [2.45, 2.75) is 32.6 Å². The molecule has 2 aromatic rings. The zero-order valence-corrected chi connectivity index (χ0v) is 14.6. The highest BCUT2D eigenvalue weighted by atomic mass is 32.1. The molecule has 0 bridgehead atoms. The van der Waals surface area contributed by atoms with E-state index < -0.39 is 0 Å². The van der Waals surface area contributed by atoms with Crippen LogP contribution in [0.5, 0.6) is 0 Å². The molecule has 1 unspecified atom stereocenters. The summed E-state index contributed by atoms with van der Waals surface area (Å²) >= 11 is 1.67. The fraction of sp³-hybridized carbons (Fsp3) is 0.300. The Bertz CT molecular complexity index is 846. The van der Waals surface area contributed by atoms with E-state index in [-0.39, 0.29) is 5.92 Å². The molecule has 0 N–H and O–H groups in total. The van der Waals surface area contributed by atoms with Gasteiger partial charge < -0.3 is 5.21 Å². The van der Waals surface area contributed by atoms with Crippen molar-refractivity contribution in [1.29, 1.82) is 0 Å². The second kappa shape index (κ2) is 6.36. The van der Waals surface area contributed by atoms with Crippen molar-refractivity contribution in [1.82, 2.24) is 0 Å². The van der Waals surface area contributed by atoms with Gasteiger partial charge in [-0.25, -0.2) is 0 Å². The molecule has 1 aromatic heterocycles. The molecule has 0 saturated heterocycles. The van der Waals surface area contributed by atoms with Gasteiger partial charge in [0.15, 0.2) is 0 Å². The van der Waals surface area contributed by atoms with Gasteiger partial charge in [0, 0.05) is 29.8 Å². The summed E-state index contributed by atoms with van der Waals surface area (Å²) in [6, 6.07) is 10.3. The Morgan fingerprint density at radius 2 is 2.08 bits per heavy atom. The lowest BCUT2D eigenvalue weighted by Crippen LogP contribution is -2.23. The van der Waals surface area contributed by atoms with E-state index in [1.54, 1.807) is 11.3 Å². The van der Waals surface area contributed by atoms with E-state index in [4.69, 9.17) is 0 Å². The predicted molar refractivity (Wildman–Crippen MR) is 101 cm³/mol. The molecular formula is C20H20N2OS. The van der Waals surface area contributed by atoms with E-state index in [1.165, 1.54) is 10.3 Å². The average molecular weight is 336 g/mol. The van der Waals surface area contributed by atoms with Gasteiger partial charge in [0.25, 0.3) is 0 Å². The number of unbranched alkanes of at least 4 members (excludes halogenated alkanes) is 1. The lowest BCUT2D eigenvalue weighted by molar-refractivity contribution is -0.358. The summed E-state index contributed by atoms with van der Waals surface area (Å²) in [4.78, 5) is 5.50. The number of allylic oxidation sites excluding steroid dienone is 1. The highest BCUT2D eigenvalue weighted by molar-refractivity contribution is 7.12. The quantitative estimate of drug-likeness (QED) is 0.548. The average Bonchev–Trinajstić information content (AvgIpc) is 3.15. The molecule has 4 rings (SSSR count). The second-order valence-corrected chi connectivity index (χ2v) is 7.25. The first-order valence-corrected chi connectivity index (χ1v) is 9.40. The maximum absolute atomic E-state index is 13.1. The first-order valence-electron chi connectivity index (χ1n) is 8.52. The fourth-order valence-corrected chi connectivity index (χ4v) is 4.56. The molecule has 0 amide bonds. The third-order valence-corrected chi connectivity index (χ3v) is 5.76. The van der Waals surface area contributed by atoms with Gasteiger partial charge in [-0.05, 0) is 12.0 Å². The van der Waals surface area contributed by atoms with E-state index in [1.807, 2.05) is 30.6 Å². The molecule has 0 fully saturated rings. The van der Waals surface area contributed by atoms with Crippen molar-refractivity contribution >= 4 is 34.5 Å². The molecule has 0 saturated carbocycles. The Balaban J connectivity index is 1.71. The minimum absolute atomic E-state index is 0.145. The zero-order valence-electron chi connectivity index (χ0n) is 13.7. The summed E-state index contributed by atoms with van der Waals surface area (Å²) in [6.07, 6.45) is 7.84. The molecule has 122 valence electrons. The van der Waals surface area contributed by atoms with Crippen molar-refractivity contribution < 1.29 is 4.74 Å². The van der Waals surface area contributed by atoms with Gasteiger partial charge in [-0.3, -0.25) is 4.99 Å². The number of thiophene rings is 1. The van der Waals surface area contributed by atoms with E-state index >= 15 is 0 Å². The van der Waals surface area contributed by atoms with Crippen LogP contribution in [-0.2, 0) is 6.42 Å². The van der Waals surface area contributed by atoms with Crippen molar-refractivity contribution in [3.63, 3.8) is 0 Å². The maximum Gasteiger partial charge on any atom is 0.239 e. The van der Waals surface area contributed by atoms with E-state index in [0.717, 1.165) is 53.1 Å². The smallest absolute Gasteiger partial charge is 0.239 e. The van der Waals surface area contributed by atoms with Gasteiger partial charge in [-0.2, -0.15) is 4.74 Å². The fourth-order valence-electron chi connectivity index (χ4n) is 3.49. The van der Waals surface area contributed by atoms with Crippen LogP contribution in [-0.4, -0.2) is 16.7 Å². The van der Waals surface area contributed by atoms with Gasteiger partial charge in [-0.15, -0.1) is 11.3 Å². The second-order valence-electron chi connectivity index (χ2n) is 6.37. The zero-order chi connectivity index (χ0) is 16.5. The predicted octanol–water partition coefficient (Wildman–Crippen LogP) is 5.17. The summed E-state index contributed by atoms with van der Waals surface area (Å²) in [5, 5.41) is 15.2. The number of rotatable bonds is 5. The summed E-state index contributed by atoms with van der Waals surface area (Å²) in [5.74, 6) is 0.145. The van der Waals surface area contributed by atoms with Crippen LogP contribution in [0, 0.1) is 11.1 Å². The Kier molecular flexibility index (Phi) is 4.07. The normalized spacial score (nSPS) is 18.5. The number of hydrogen-bond acceptors (Lipinski definition) is 3. The van der Waals surface area contributed by atoms with E-state index in [0.29, 0.717) is 0 Å². The van der Waals surface area contributed by atoms with Crippen LogP contribution in [0.3, 0.4) is 0 Å². The lowest BCUT2D eigenvalue weighted by Gasteiger charge is -2.14. The Labute approximate surface area is 146 Å². The first-order chi connectivity index (χ1) is 11.8. The third-order valence-electron chi connectivity index (χ3n) is 4.71. The number of hydrogen-bond donors (Lipinski definition) is 0. The van der Waals surface area contributed by atoms with E-state index in [9.17, 15) is 5.21 Å². The molecule has 3 nitrogen and oxygen atoms in total. The largest absolute Gasteiger partial charge is 0.618 e. The van der Waals surface area contributed by atoms with Crippen LogP contribution in [0.25, 0.3) is 5.57 Å².